The molecule has 2 heterocycles. The maximum Gasteiger partial charge on any atom is 0.254 e. The summed E-state index contributed by atoms with van der Waals surface area (Å²) in [4.78, 5) is 11.9. The van der Waals surface area contributed by atoms with Gasteiger partial charge in [0, 0.05) is 19.2 Å². The van der Waals surface area contributed by atoms with Gasteiger partial charge in [-0.3, -0.25) is 9.20 Å². The van der Waals surface area contributed by atoms with Crippen molar-refractivity contribution < 1.29 is 9.18 Å². The van der Waals surface area contributed by atoms with Crippen LogP contribution in [0.4, 0.5) is 4.39 Å². The van der Waals surface area contributed by atoms with Gasteiger partial charge in [0.2, 0.25) is 0 Å². The van der Waals surface area contributed by atoms with E-state index in [9.17, 15) is 9.18 Å². The zero-order valence-electron chi connectivity index (χ0n) is 11.2. The molecule has 0 radical (unpaired) electrons. The highest BCUT2D eigenvalue weighted by Crippen LogP contribution is 2.06. The molecular formula is C15H13FN4O. The molecule has 2 aromatic heterocycles. The number of rotatable bonds is 4. The fourth-order valence-electron chi connectivity index (χ4n) is 2.09. The number of nitrogens with one attached hydrogen (secondary N) is 1. The van der Waals surface area contributed by atoms with Crippen molar-refractivity contribution in [2.24, 2.45) is 0 Å². The molecule has 0 atom stereocenters. The first-order chi connectivity index (χ1) is 10.3. The molecule has 0 aliphatic carbocycles. The van der Waals surface area contributed by atoms with E-state index in [1.165, 1.54) is 12.1 Å². The average Bonchev–Trinajstić information content (AvgIpc) is 2.91. The Morgan fingerprint density at radius 2 is 1.95 bits per heavy atom. The smallest absolute Gasteiger partial charge is 0.254 e. The van der Waals surface area contributed by atoms with Gasteiger partial charge in [-0.1, -0.05) is 18.2 Å². The summed E-state index contributed by atoms with van der Waals surface area (Å²) in [5, 5.41) is 10.8. The minimum Gasteiger partial charge on any atom is -0.351 e. The number of amides is 1. The van der Waals surface area contributed by atoms with Crippen LogP contribution in [0, 0.1) is 5.82 Å². The van der Waals surface area contributed by atoms with Crippen LogP contribution in [0.3, 0.4) is 0 Å². The molecule has 0 aliphatic heterocycles. The lowest BCUT2D eigenvalue weighted by atomic mass is 10.2. The van der Waals surface area contributed by atoms with Gasteiger partial charge < -0.3 is 5.32 Å². The Labute approximate surface area is 120 Å². The zero-order valence-corrected chi connectivity index (χ0v) is 11.2. The lowest BCUT2D eigenvalue weighted by Gasteiger charge is -2.05. The molecule has 0 saturated carbocycles. The Kier molecular flexibility index (Phi) is 3.59. The van der Waals surface area contributed by atoms with Crippen LogP contribution in [0.1, 0.15) is 16.2 Å². The predicted molar refractivity (Wildman–Crippen MR) is 75.4 cm³/mol. The number of benzene rings is 1. The quantitative estimate of drug-likeness (QED) is 0.795. The minimum atomic E-state index is -0.525. The third-order valence-electron chi connectivity index (χ3n) is 3.14. The molecule has 0 spiro atoms. The van der Waals surface area contributed by atoms with Gasteiger partial charge in [-0.25, -0.2) is 4.39 Å². The van der Waals surface area contributed by atoms with E-state index in [1.807, 2.05) is 28.8 Å². The van der Waals surface area contributed by atoms with Crippen LogP contribution in [0.2, 0.25) is 0 Å². The van der Waals surface area contributed by atoms with Gasteiger partial charge in [0.25, 0.3) is 5.91 Å². The van der Waals surface area contributed by atoms with Crippen molar-refractivity contribution in [3.63, 3.8) is 0 Å². The Morgan fingerprint density at radius 3 is 2.81 bits per heavy atom. The Balaban J connectivity index is 1.64. The zero-order chi connectivity index (χ0) is 14.7. The van der Waals surface area contributed by atoms with Crippen LogP contribution in [-0.2, 0) is 6.42 Å². The summed E-state index contributed by atoms with van der Waals surface area (Å²) in [5.41, 5.74) is 0.802. The van der Waals surface area contributed by atoms with E-state index in [1.54, 1.807) is 12.1 Å². The molecule has 0 bridgehead atoms. The van der Waals surface area contributed by atoms with Crippen LogP contribution in [-0.4, -0.2) is 27.0 Å². The van der Waals surface area contributed by atoms with Crippen molar-refractivity contribution in [3.05, 3.63) is 65.9 Å². The first-order valence-corrected chi connectivity index (χ1v) is 6.57. The van der Waals surface area contributed by atoms with E-state index >= 15 is 0 Å². The molecular weight excluding hydrogens is 271 g/mol. The molecule has 1 aromatic carbocycles. The number of fused-ring (bicyclic) bond motifs is 1. The third-order valence-corrected chi connectivity index (χ3v) is 3.14. The lowest BCUT2D eigenvalue weighted by Crippen LogP contribution is -2.27. The van der Waals surface area contributed by atoms with E-state index in [0.29, 0.717) is 13.0 Å². The largest absolute Gasteiger partial charge is 0.351 e. The third kappa shape index (κ3) is 2.74. The Bertz CT molecular complexity index is 784. The molecule has 0 saturated heterocycles. The molecule has 106 valence electrons. The molecule has 21 heavy (non-hydrogen) atoms. The summed E-state index contributed by atoms with van der Waals surface area (Å²) in [7, 11) is 0. The highest BCUT2D eigenvalue weighted by molar-refractivity contribution is 5.94. The number of pyridine rings is 1. The number of nitrogens with zero attached hydrogens (tertiary/aromatic N) is 3. The number of halogens is 1. The summed E-state index contributed by atoms with van der Waals surface area (Å²) in [6.07, 6.45) is 2.38. The highest BCUT2D eigenvalue weighted by Gasteiger charge is 2.10. The van der Waals surface area contributed by atoms with Crippen LogP contribution < -0.4 is 5.32 Å². The molecule has 5 nitrogen and oxygen atoms in total. The Hall–Kier alpha value is -2.76. The van der Waals surface area contributed by atoms with Gasteiger partial charge in [-0.15, -0.1) is 10.2 Å². The van der Waals surface area contributed by atoms with Crippen LogP contribution >= 0.6 is 0 Å². The van der Waals surface area contributed by atoms with E-state index in [-0.39, 0.29) is 5.56 Å². The van der Waals surface area contributed by atoms with Crippen molar-refractivity contribution in [2.75, 3.05) is 6.54 Å². The maximum absolute atomic E-state index is 13.5. The average molecular weight is 284 g/mol. The first kappa shape index (κ1) is 13.2. The van der Waals surface area contributed by atoms with Gasteiger partial charge in [0.05, 0.1) is 5.56 Å². The van der Waals surface area contributed by atoms with Gasteiger partial charge >= 0.3 is 0 Å². The molecule has 3 aromatic rings. The van der Waals surface area contributed by atoms with Crippen LogP contribution in [0.5, 0.6) is 0 Å². The molecule has 0 fully saturated rings. The maximum atomic E-state index is 13.5. The fraction of sp³-hybridized carbons (Fsp3) is 0.133. The van der Waals surface area contributed by atoms with Crippen LogP contribution in [0.25, 0.3) is 5.65 Å². The van der Waals surface area contributed by atoms with Crippen LogP contribution in [0.15, 0.2) is 48.7 Å². The summed E-state index contributed by atoms with van der Waals surface area (Å²) in [5.74, 6) is -0.204. The predicted octanol–water partition coefficient (Wildman–Crippen LogP) is 1.84. The van der Waals surface area contributed by atoms with Gasteiger partial charge in [-0.2, -0.15) is 0 Å². The van der Waals surface area contributed by atoms with Crippen molar-refractivity contribution in [3.8, 4) is 0 Å². The molecule has 3 rings (SSSR count). The van der Waals surface area contributed by atoms with E-state index in [0.717, 1.165) is 11.5 Å². The molecule has 6 heteroatoms. The summed E-state index contributed by atoms with van der Waals surface area (Å²) < 4.78 is 15.3. The van der Waals surface area contributed by atoms with Crippen molar-refractivity contribution in [1.82, 2.24) is 19.9 Å². The standard InChI is InChI=1S/C15H13FN4O/c16-12-6-2-1-5-11(12)15(21)17-9-8-14-19-18-13-7-3-4-10-20(13)14/h1-7,10H,8-9H2,(H,17,21). The van der Waals surface area contributed by atoms with Crippen molar-refractivity contribution in [1.29, 1.82) is 0 Å². The molecule has 0 aliphatic rings. The van der Waals surface area contributed by atoms with Gasteiger partial charge in [0.1, 0.15) is 11.6 Å². The molecule has 0 unspecified atom stereocenters. The molecule has 1 amide bonds. The van der Waals surface area contributed by atoms with E-state index in [4.69, 9.17) is 0 Å². The SMILES string of the molecule is O=C(NCCc1nnc2ccccn12)c1ccccc1F. The van der Waals surface area contributed by atoms with Crippen molar-refractivity contribution >= 4 is 11.6 Å². The number of aromatic nitrogens is 3. The second-order valence-electron chi connectivity index (χ2n) is 4.53. The first-order valence-electron chi connectivity index (χ1n) is 6.57. The monoisotopic (exact) mass is 284 g/mol. The van der Waals surface area contributed by atoms with E-state index < -0.39 is 11.7 Å². The minimum absolute atomic E-state index is 0.0450. The second-order valence-corrected chi connectivity index (χ2v) is 4.53. The highest BCUT2D eigenvalue weighted by atomic mass is 19.1. The summed E-state index contributed by atoms with van der Waals surface area (Å²) >= 11 is 0. The summed E-state index contributed by atoms with van der Waals surface area (Å²) in [6, 6.07) is 11.5. The Morgan fingerprint density at radius 1 is 1.14 bits per heavy atom. The topological polar surface area (TPSA) is 59.3 Å². The molecule has 1 N–H and O–H groups in total. The van der Waals surface area contributed by atoms with Gasteiger partial charge in [0.15, 0.2) is 5.65 Å². The number of hydrogen-bond acceptors (Lipinski definition) is 3. The number of carbonyl (C=O) groups excluding carboxylic acids is 1. The number of hydrogen-bond donors (Lipinski definition) is 1. The number of carbonyl (C=O) groups is 1. The van der Waals surface area contributed by atoms with Gasteiger partial charge in [-0.05, 0) is 24.3 Å². The second kappa shape index (κ2) is 5.70. The van der Waals surface area contributed by atoms with E-state index in [2.05, 4.69) is 15.5 Å². The normalized spacial score (nSPS) is 10.7. The fourth-order valence-corrected chi connectivity index (χ4v) is 2.09. The van der Waals surface area contributed by atoms with Crippen molar-refractivity contribution in [2.45, 2.75) is 6.42 Å². The lowest BCUT2D eigenvalue weighted by molar-refractivity contribution is 0.0950. The summed E-state index contributed by atoms with van der Waals surface area (Å²) in [6.45, 7) is 0.364.